The summed E-state index contributed by atoms with van der Waals surface area (Å²) in [4.78, 5) is 20.1. The van der Waals surface area contributed by atoms with Crippen molar-refractivity contribution < 1.29 is 4.79 Å². The Morgan fingerprint density at radius 3 is 2.64 bits per heavy atom. The van der Waals surface area contributed by atoms with Crippen molar-refractivity contribution >= 4 is 28.1 Å². The van der Waals surface area contributed by atoms with Crippen molar-refractivity contribution in [1.82, 2.24) is 4.90 Å². The average molecular weight is 376 g/mol. The summed E-state index contributed by atoms with van der Waals surface area (Å²) in [5.74, 6) is 0.868. The summed E-state index contributed by atoms with van der Waals surface area (Å²) >= 11 is 0. The molecule has 0 aromatic heterocycles. The van der Waals surface area contributed by atoms with E-state index in [-0.39, 0.29) is 5.91 Å². The summed E-state index contributed by atoms with van der Waals surface area (Å²) in [5.41, 5.74) is 3.28. The zero-order valence-electron chi connectivity index (χ0n) is 16.6. The van der Waals surface area contributed by atoms with Crippen molar-refractivity contribution in [3.63, 3.8) is 0 Å². The fourth-order valence-corrected chi connectivity index (χ4v) is 5.00. The van der Waals surface area contributed by atoms with Crippen LogP contribution < -0.4 is 9.80 Å². The number of hydrogen-bond acceptors (Lipinski definition) is 3. The van der Waals surface area contributed by atoms with Crippen LogP contribution in [0.1, 0.15) is 36.0 Å². The van der Waals surface area contributed by atoms with Crippen molar-refractivity contribution in [2.45, 2.75) is 25.7 Å². The second kappa shape index (κ2) is 7.25. The van der Waals surface area contributed by atoms with Gasteiger partial charge in [-0.25, -0.2) is 0 Å². The maximum atomic E-state index is 13.1. The molecule has 0 bridgehead atoms. The van der Waals surface area contributed by atoms with Gasteiger partial charge >= 0.3 is 0 Å². The van der Waals surface area contributed by atoms with Gasteiger partial charge in [0.1, 0.15) is 0 Å². The highest BCUT2D eigenvalue weighted by molar-refractivity contribution is 6.26. The second-order valence-corrected chi connectivity index (χ2v) is 8.47. The second-order valence-electron chi connectivity index (χ2n) is 8.47. The van der Waals surface area contributed by atoms with Gasteiger partial charge < -0.3 is 9.80 Å². The number of carbonyl (C=O) groups excluding carboxylic acids is 1. The maximum Gasteiger partial charge on any atom is 0.259 e. The van der Waals surface area contributed by atoms with Gasteiger partial charge in [-0.15, -0.1) is 6.58 Å². The van der Waals surface area contributed by atoms with Gasteiger partial charge in [-0.1, -0.05) is 24.6 Å². The largest absolute Gasteiger partial charge is 0.370 e. The van der Waals surface area contributed by atoms with Crippen molar-refractivity contribution in [2.75, 3.05) is 49.1 Å². The Labute approximate surface area is 167 Å². The molecule has 0 atom stereocenters. The predicted molar refractivity (Wildman–Crippen MR) is 116 cm³/mol. The first-order valence-electron chi connectivity index (χ1n) is 10.7. The Morgan fingerprint density at radius 2 is 1.86 bits per heavy atom. The van der Waals surface area contributed by atoms with E-state index in [0.717, 1.165) is 62.3 Å². The van der Waals surface area contributed by atoms with Crippen LogP contribution in [0.3, 0.4) is 0 Å². The zero-order valence-corrected chi connectivity index (χ0v) is 16.6. The summed E-state index contributed by atoms with van der Waals surface area (Å²) < 4.78 is 0. The van der Waals surface area contributed by atoms with Gasteiger partial charge in [-0.3, -0.25) is 9.69 Å². The Hall–Kier alpha value is -2.33. The number of carbonyl (C=O) groups is 1. The molecule has 0 N–H and O–H groups in total. The quantitative estimate of drug-likeness (QED) is 0.729. The lowest BCUT2D eigenvalue weighted by Gasteiger charge is -2.31. The van der Waals surface area contributed by atoms with Crippen LogP contribution in [0.15, 0.2) is 43.0 Å². The SMILES string of the molecule is C=CCN1CCCN(c2ccc3c4c(cccc24)C(=O)N3CC2CCC2)CC1. The molecule has 0 spiro atoms. The minimum absolute atomic E-state index is 0.192. The van der Waals surface area contributed by atoms with Gasteiger partial charge in [0.2, 0.25) is 0 Å². The van der Waals surface area contributed by atoms with E-state index in [2.05, 4.69) is 40.6 Å². The molecular weight excluding hydrogens is 346 g/mol. The molecule has 28 heavy (non-hydrogen) atoms. The molecule has 4 nitrogen and oxygen atoms in total. The molecule has 1 saturated carbocycles. The summed E-state index contributed by atoms with van der Waals surface area (Å²) in [6.07, 6.45) is 6.99. The number of amides is 1. The Bertz CT molecular complexity index is 917. The van der Waals surface area contributed by atoms with E-state index in [1.165, 1.54) is 30.3 Å². The molecule has 2 fully saturated rings. The van der Waals surface area contributed by atoms with Crippen molar-refractivity contribution in [3.05, 3.63) is 48.6 Å². The lowest BCUT2D eigenvalue weighted by atomic mass is 9.85. The van der Waals surface area contributed by atoms with E-state index in [9.17, 15) is 4.79 Å². The fourth-order valence-electron chi connectivity index (χ4n) is 5.00. The van der Waals surface area contributed by atoms with Gasteiger partial charge in [0.05, 0.1) is 5.69 Å². The van der Waals surface area contributed by atoms with Crippen molar-refractivity contribution in [3.8, 4) is 0 Å². The third-order valence-electron chi connectivity index (χ3n) is 6.74. The lowest BCUT2D eigenvalue weighted by molar-refractivity contribution is 0.0984. The van der Waals surface area contributed by atoms with Gasteiger partial charge in [0.15, 0.2) is 0 Å². The molecule has 0 unspecified atom stereocenters. The molecule has 2 heterocycles. The molecule has 1 aliphatic carbocycles. The first-order chi connectivity index (χ1) is 13.8. The van der Waals surface area contributed by atoms with Crippen LogP contribution in [0.4, 0.5) is 11.4 Å². The standard InChI is InChI=1S/C24H29N3O/c1-2-12-25-13-5-14-26(16-15-25)21-10-11-22-23-19(21)8-4-9-20(23)24(28)27(22)17-18-6-3-7-18/h2,4,8-11,18H,1,3,5-7,12-17H2. The number of hydrogen-bond donors (Lipinski definition) is 0. The minimum Gasteiger partial charge on any atom is -0.370 e. The van der Waals surface area contributed by atoms with Crippen LogP contribution in [0.5, 0.6) is 0 Å². The smallest absolute Gasteiger partial charge is 0.259 e. The highest BCUT2D eigenvalue weighted by Crippen LogP contribution is 2.43. The summed E-state index contributed by atoms with van der Waals surface area (Å²) in [7, 11) is 0. The average Bonchev–Trinajstić information content (AvgIpc) is 2.82. The van der Waals surface area contributed by atoms with E-state index in [1.54, 1.807) is 0 Å². The van der Waals surface area contributed by atoms with Gasteiger partial charge in [0, 0.05) is 61.3 Å². The van der Waals surface area contributed by atoms with Crippen LogP contribution in [0.25, 0.3) is 10.8 Å². The van der Waals surface area contributed by atoms with E-state index < -0.39 is 0 Å². The van der Waals surface area contributed by atoms with Gasteiger partial charge in [-0.05, 0) is 43.4 Å². The number of benzene rings is 2. The van der Waals surface area contributed by atoms with Crippen LogP contribution >= 0.6 is 0 Å². The molecule has 3 aliphatic rings. The molecule has 0 radical (unpaired) electrons. The van der Waals surface area contributed by atoms with E-state index in [0.29, 0.717) is 5.92 Å². The minimum atomic E-state index is 0.192. The topological polar surface area (TPSA) is 26.8 Å². The summed E-state index contributed by atoms with van der Waals surface area (Å²) in [5, 5.41) is 2.40. The molecule has 4 heteroatoms. The van der Waals surface area contributed by atoms with Crippen LogP contribution in [0.2, 0.25) is 0 Å². The molecule has 1 saturated heterocycles. The van der Waals surface area contributed by atoms with Gasteiger partial charge in [-0.2, -0.15) is 0 Å². The summed E-state index contributed by atoms with van der Waals surface area (Å²) in [6, 6.07) is 10.7. The fraction of sp³-hybridized carbons (Fsp3) is 0.458. The molecule has 2 aliphatic heterocycles. The van der Waals surface area contributed by atoms with Crippen molar-refractivity contribution in [1.29, 1.82) is 0 Å². The number of rotatable bonds is 5. The Kier molecular flexibility index (Phi) is 4.59. The molecule has 146 valence electrons. The van der Waals surface area contributed by atoms with Crippen LogP contribution in [-0.2, 0) is 0 Å². The van der Waals surface area contributed by atoms with Crippen molar-refractivity contribution in [2.24, 2.45) is 5.92 Å². The maximum absolute atomic E-state index is 13.1. The predicted octanol–water partition coefficient (Wildman–Crippen LogP) is 4.30. The molecular formula is C24H29N3O. The zero-order chi connectivity index (χ0) is 19.1. The number of anilines is 2. The highest BCUT2D eigenvalue weighted by Gasteiger charge is 2.33. The third kappa shape index (κ3) is 2.91. The molecule has 2 aromatic rings. The third-order valence-corrected chi connectivity index (χ3v) is 6.74. The van der Waals surface area contributed by atoms with E-state index in [1.807, 2.05) is 17.0 Å². The molecule has 5 rings (SSSR count). The monoisotopic (exact) mass is 375 g/mol. The Balaban J connectivity index is 1.49. The highest BCUT2D eigenvalue weighted by atomic mass is 16.2. The molecule has 1 amide bonds. The van der Waals surface area contributed by atoms with Crippen LogP contribution in [0, 0.1) is 5.92 Å². The van der Waals surface area contributed by atoms with E-state index in [4.69, 9.17) is 0 Å². The normalized spacial score (nSPS) is 20.5. The van der Waals surface area contributed by atoms with Crippen LogP contribution in [-0.4, -0.2) is 50.1 Å². The number of nitrogens with zero attached hydrogens (tertiary/aromatic N) is 3. The van der Waals surface area contributed by atoms with Gasteiger partial charge in [0.25, 0.3) is 5.91 Å². The summed E-state index contributed by atoms with van der Waals surface area (Å²) in [6.45, 7) is 9.98. The Morgan fingerprint density at radius 1 is 1.00 bits per heavy atom. The lowest BCUT2D eigenvalue weighted by Crippen LogP contribution is -2.34. The first-order valence-corrected chi connectivity index (χ1v) is 10.7. The first kappa shape index (κ1) is 17.7. The van der Waals surface area contributed by atoms with E-state index >= 15 is 0 Å². The molecule has 2 aromatic carbocycles.